The second kappa shape index (κ2) is 10.2. The van der Waals surface area contributed by atoms with Crippen molar-refractivity contribution in [1.29, 1.82) is 0 Å². The van der Waals surface area contributed by atoms with Crippen LogP contribution < -0.4 is 10.1 Å². The Morgan fingerprint density at radius 1 is 1.18 bits per heavy atom. The second-order valence-corrected chi connectivity index (χ2v) is 9.89. The fraction of sp³-hybridized carbons (Fsp3) is 0.250. The van der Waals surface area contributed by atoms with Gasteiger partial charge in [-0.1, -0.05) is 36.7 Å². The lowest BCUT2D eigenvalue weighted by Gasteiger charge is -2.31. The number of aryl methyl sites for hydroxylation is 1. The molecule has 0 unspecified atom stereocenters. The summed E-state index contributed by atoms with van der Waals surface area (Å²) in [5, 5.41) is 17.4. The monoisotopic (exact) mass is 574 g/mol. The Kier molecular flexibility index (Phi) is 7.05. The molecule has 40 heavy (non-hydrogen) atoms. The van der Waals surface area contributed by atoms with Crippen molar-refractivity contribution < 1.29 is 32.2 Å². The Hall–Kier alpha value is -3.96. The van der Waals surface area contributed by atoms with E-state index >= 15 is 0 Å². The van der Waals surface area contributed by atoms with E-state index < -0.39 is 35.7 Å². The Morgan fingerprint density at radius 3 is 2.50 bits per heavy atom. The normalized spacial score (nSPS) is 16.2. The van der Waals surface area contributed by atoms with Crippen LogP contribution in [0, 0.1) is 12.7 Å². The molecule has 3 heterocycles. The van der Waals surface area contributed by atoms with Crippen LogP contribution >= 0.6 is 11.6 Å². The Labute approximate surface area is 231 Å². The summed E-state index contributed by atoms with van der Waals surface area (Å²) < 4.78 is 64.0. The zero-order valence-corrected chi connectivity index (χ0v) is 22.0. The number of rotatable bonds is 6. The summed E-state index contributed by atoms with van der Waals surface area (Å²) in [6, 6.07) is 14.8. The topological polar surface area (TPSA) is 89.3 Å². The third kappa shape index (κ3) is 4.79. The van der Waals surface area contributed by atoms with Gasteiger partial charge >= 0.3 is 6.18 Å². The number of nitrogens with zero attached hydrogens (tertiary/aromatic N) is 3. The summed E-state index contributed by atoms with van der Waals surface area (Å²) in [5.41, 5.74) is -2.99. The number of ether oxygens (including phenoxy) is 1. The zero-order valence-electron chi connectivity index (χ0n) is 21.3. The van der Waals surface area contributed by atoms with Gasteiger partial charge in [0.25, 0.3) is 5.91 Å². The van der Waals surface area contributed by atoms with E-state index in [0.29, 0.717) is 16.8 Å². The molecule has 208 valence electrons. The van der Waals surface area contributed by atoms with E-state index in [1.165, 1.54) is 23.7 Å². The van der Waals surface area contributed by atoms with Gasteiger partial charge in [0.1, 0.15) is 22.4 Å². The molecule has 1 aliphatic heterocycles. The zero-order chi connectivity index (χ0) is 28.8. The minimum atomic E-state index is -5.24. The number of aliphatic hydroxyl groups is 1. The van der Waals surface area contributed by atoms with Crippen molar-refractivity contribution in [2.45, 2.75) is 31.5 Å². The summed E-state index contributed by atoms with van der Waals surface area (Å²) in [7, 11) is 0. The van der Waals surface area contributed by atoms with E-state index in [1.807, 2.05) is 0 Å². The minimum Gasteiger partial charge on any atom is -0.490 e. The molecule has 2 aromatic heterocycles. The van der Waals surface area contributed by atoms with Crippen LogP contribution in [-0.2, 0) is 5.60 Å². The molecule has 4 aromatic rings. The smallest absolute Gasteiger partial charge is 0.424 e. The number of carbonyl (C=O) groups excluding carboxylic acids is 1. The molecule has 0 fully saturated rings. The third-order valence-electron chi connectivity index (χ3n) is 6.76. The van der Waals surface area contributed by atoms with Crippen molar-refractivity contribution in [2.24, 2.45) is 0 Å². The minimum absolute atomic E-state index is 0.0221. The average Bonchev–Trinajstić information content (AvgIpc) is 3.45. The fourth-order valence-corrected chi connectivity index (χ4v) is 4.87. The Bertz CT molecular complexity index is 1580. The number of fused-ring (bicyclic) bond motifs is 1. The number of alkyl halides is 3. The fourth-order valence-electron chi connectivity index (χ4n) is 4.51. The van der Waals surface area contributed by atoms with Crippen LogP contribution in [0.25, 0.3) is 16.9 Å². The van der Waals surface area contributed by atoms with Crippen LogP contribution in [0.1, 0.15) is 40.2 Å². The van der Waals surface area contributed by atoms with Crippen LogP contribution in [0.4, 0.5) is 17.6 Å². The van der Waals surface area contributed by atoms with Crippen molar-refractivity contribution >= 4 is 17.5 Å². The number of para-hydroxylation sites is 1. The predicted molar refractivity (Wildman–Crippen MR) is 139 cm³/mol. The van der Waals surface area contributed by atoms with E-state index in [0.717, 1.165) is 18.2 Å². The first-order chi connectivity index (χ1) is 18.9. The molecular formula is C28H23ClF4N4O3. The standard InChI is InChI=1S/C28H23ClF4N4O3/c1-15-13-40-24-20(15)12-21(35-23(24)17-8-10-18(30)11-9-17)27(39,28(31,32)33)14-34-26(38)22-16(2)36-37(25(22)29)19-6-4-3-5-7-19/h3-12,15,39H,13-14H2,1-2H3,(H,34,38)/t15-,27+/m1/s1. The number of hydrogen-bond acceptors (Lipinski definition) is 5. The lowest BCUT2D eigenvalue weighted by molar-refractivity contribution is -0.265. The van der Waals surface area contributed by atoms with Gasteiger partial charge in [-0.25, -0.2) is 14.1 Å². The summed E-state index contributed by atoms with van der Waals surface area (Å²) >= 11 is 6.40. The molecule has 2 atom stereocenters. The van der Waals surface area contributed by atoms with Gasteiger partial charge in [0.05, 0.1) is 35.8 Å². The van der Waals surface area contributed by atoms with Crippen molar-refractivity contribution in [3.63, 3.8) is 0 Å². The summed E-state index contributed by atoms with van der Waals surface area (Å²) in [6.45, 7) is 2.19. The van der Waals surface area contributed by atoms with E-state index in [9.17, 15) is 27.5 Å². The van der Waals surface area contributed by atoms with Gasteiger partial charge in [-0.3, -0.25) is 4.79 Å². The Balaban J connectivity index is 1.52. The number of halogens is 5. The van der Waals surface area contributed by atoms with Crippen LogP contribution in [0.15, 0.2) is 60.7 Å². The molecule has 0 radical (unpaired) electrons. The summed E-state index contributed by atoms with van der Waals surface area (Å²) in [4.78, 5) is 17.2. The molecule has 7 nitrogen and oxygen atoms in total. The maximum absolute atomic E-state index is 14.5. The van der Waals surface area contributed by atoms with E-state index in [2.05, 4.69) is 15.4 Å². The van der Waals surface area contributed by atoms with Crippen molar-refractivity contribution in [2.75, 3.05) is 13.2 Å². The molecule has 2 aromatic carbocycles. The van der Waals surface area contributed by atoms with E-state index in [1.54, 1.807) is 37.3 Å². The molecule has 0 spiro atoms. The molecule has 5 rings (SSSR count). The van der Waals surface area contributed by atoms with Gasteiger partial charge in [-0.15, -0.1) is 0 Å². The number of benzene rings is 2. The highest BCUT2D eigenvalue weighted by Crippen LogP contribution is 2.45. The van der Waals surface area contributed by atoms with Crippen molar-refractivity contribution in [3.8, 4) is 22.7 Å². The van der Waals surface area contributed by atoms with Gasteiger partial charge in [0, 0.05) is 17.0 Å². The molecule has 0 aliphatic carbocycles. The SMILES string of the molecule is Cc1nn(-c2ccccc2)c(Cl)c1C(=O)NC[C@](O)(c1cc2c(c(-c3ccc(F)cc3)n1)OC[C@H]2C)C(F)(F)F. The van der Waals surface area contributed by atoms with Crippen LogP contribution in [0.3, 0.4) is 0 Å². The maximum Gasteiger partial charge on any atom is 0.424 e. The number of hydrogen-bond donors (Lipinski definition) is 2. The Morgan fingerprint density at radius 2 is 1.85 bits per heavy atom. The van der Waals surface area contributed by atoms with Gasteiger partial charge in [-0.2, -0.15) is 18.3 Å². The molecule has 1 amide bonds. The summed E-state index contributed by atoms with van der Waals surface area (Å²) in [5.74, 6) is -1.53. The highest BCUT2D eigenvalue weighted by atomic mass is 35.5. The van der Waals surface area contributed by atoms with E-state index in [4.69, 9.17) is 16.3 Å². The first-order valence-corrected chi connectivity index (χ1v) is 12.6. The van der Waals surface area contributed by atoms with Crippen LogP contribution in [-0.4, -0.2) is 45.1 Å². The number of carbonyl (C=O) groups is 1. The predicted octanol–water partition coefficient (Wildman–Crippen LogP) is 5.71. The lowest BCUT2D eigenvalue weighted by Crippen LogP contribution is -2.51. The first-order valence-electron chi connectivity index (χ1n) is 12.2. The van der Waals surface area contributed by atoms with Gasteiger partial charge in [0.2, 0.25) is 5.60 Å². The second-order valence-electron chi connectivity index (χ2n) is 9.53. The highest BCUT2D eigenvalue weighted by molar-refractivity contribution is 6.33. The molecule has 0 saturated heterocycles. The molecule has 12 heteroatoms. The molecule has 0 bridgehead atoms. The lowest BCUT2D eigenvalue weighted by atomic mass is 9.92. The number of pyridine rings is 1. The quantitative estimate of drug-likeness (QED) is 0.288. The molecule has 1 aliphatic rings. The largest absolute Gasteiger partial charge is 0.490 e. The highest BCUT2D eigenvalue weighted by Gasteiger charge is 2.57. The molecular weight excluding hydrogens is 552 g/mol. The summed E-state index contributed by atoms with van der Waals surface area (Å²) in [6.07, 6.45) is -5.24. The molecule has 0 saturated carbocycles. The van der Waals surface area contributed by atoms with E-state index in [-0.39, 0.29) is 40.4 Å². The first kappa shape index (κ1) is 27.6. The van der Waals surface area contributed by atoms with Crippen molar-refractivity contribution in [3.05, 3.63) is 94.1 Å². The number of aromatic nitrogens is 3. The maximum atomic E-state index is 14.5. The van der Waals surface area contributed by atoms with Crippen molar-refractivity contribution in [1.82, 2.24) is 20.1 Å². The van der Waals surface area contributed by atoms with Gasteiger partial charge in [0.15, 0.2) is 0 Å². The van der Waals surface area contributed by atoms with Crippen LogP contribution in [0.5, 0.6) is 5.75 Å². The number of amides is 1. The van der Waals surface area contributed by atoms with Crippen LogP contribution in [0.2, 0.25) is 5.15 Å². The number of nitrogens with one attached hydrogen (secondary N) is 1. The van der Waals surface area contributed by atoms with Gasteiger partial charge in [-0.05, 0) is 49.4 Å². The molecule has 2 N–H and O–H groups in total. The average molecular weight is 575 g/mol. The third-order valence-corrected chi connectivity index (χ3v) is 7.11. The van der Waals surface area contributed by atoms with Gasteiger partial charge < -0.3 is 15.2 Å².